The molecule has 0 bridgehead atoms. The Labute approximate surface area is 92.6 Å². The van der Waals surface area contributed by atoms with Gasteiger partial charge in [-0.05, 0) is 13.3 Å². The number of nitrogens with two attached hydrogens (primary N) is 1. The van der Waals surface area contributed by atoms with Crippen molar-refractivity contribution in [3.8, 4) is 0 Å². The lowest BCUT2D eigenvalue weighted by Crippen LogP contribution is -2.48. The van der Waals surface area contributed by atoms with Crippen LogP contribution in [0.25, 0.3) is 0 Å². The first-order valence-corrected chi connectivity index (χ1v) is 4.99. The number of nitrogens with one attached hydrogen (secondary N) is 1. The second kappa shape index (κ2) is 4.82. The molecule has 0 aromatic carbocycles. The van der Waals surface area contributed by atoms with E-state index >= 15 is 0 Å². The van der Waals surface area contributed by atoms with Crippen LogP contribution in [-0.4, -0.2) is 47.0 Å². The number of rotatable bonds is 3. The normalized spacial score (nSPS) is 21.6. The molecule has 0 aromatic rings. The summed E-state index contributed by atoms with van der Waals surface area (Å²) in [5, 5.41) is 11.2. The third-order valence-electron chi connectivity index (χ3n) is 2.59. The second-order valence-electron chi connectivity index (χ2n) is 3.84. The SMILES string of the molecule is CC(NC(=O)N1CCC(C(=O)O)C1)C(N)=O. The summed E-state index contributed by atoms with van der Waals surface area (Å²) in [7, 11) is 0. The average Bonchev–Trinajstić information content (AvgIpc) is 2.65. The van der Waals surface area contributed by atoms with E-state index in [1.54, 1.807) is 0 Å². The quantitative estimate of drug-likeness (QED) is 0.574. The number of nitrogens with zero attached hydrogens (tertiary/aromatic N) is 1. The van der Waals surface area contributed by atoms with Gasteiger partial charge in [-0.3, -0.25) is 9.59 Å². The third-order valence-corrected chi connectivity index (χ3v) is 2.59. The van der Waals surface area contributed by atoms with Crippen LogP contribution in [-0.2, 0) is 9.59 Å². The lowest BCUT2D eigenvalue weighted by atomic mass is 10.1. The minimum absolute atomic E-state index is 0.173. The van der Waals surface area contributed by atoms with Crippen LogP contribution in [0.1, 0.15) is 13.3 Å². The van der Waals surface area contributed by atoms with Crippen molar-refractivity contribution < 1.29 is 19.5 Å². The summed E-state index contributed by atoms with van der Waals surface area (Å²) in [6.07, 6.45) is 0.438. The number of carboxylic acid groups (broad SMARTS) is 1. The van der Waals surface area contributed by atoms with Gasteiger partial charge in [-0.2, -0.15) is 0 Å². The maximum atomic E-state index is 11.5. The van der Waals surface area contributed by atoms with Crippen molar-refractivity contribution in [1.29, 1.82) is 0 Å². The van der Waals surface area contributed by atoms with Crippen LogP contribution in [0, 0.1) is 5.92 Å². The minimum atomic E-state index is -0.904. The van der Waals surface area contributed by atoms with Gasteiger partial charge in [0.05, 0.1) is 5.92 Å². The van der Waals surface area contributed by atoms with E-state index in [0.717, 1.165) is 0 Å². The number of carboxylic acids is 1. The van der Waals surface area contributed by atoms with E-state index in [4.69, 9.17) is 10.8 Å². The van der Waals surface area contributed by atoms with Crippen LogP contribution in [0.5, 0.6) is 0 Å². The molecular formula is C9H15N3O4. The molecule has 7 nitrogen and oxygen atoms in total. The first-order chi connectivity index (χ1) is 7.41. The van der Waals surface area contributed by atoms with E-state index in [2.05, 4.69) is 5.32 Å². The summed E-state index contributed by atoms with van der Waals surface area (Å²) in [4.78, 5) is 34.3. The van der Waals surface area contributed by atoms with Gasteiger partial charge in [0.25, 0.3) is 0 Å². The fourth-order valence-corrected chi connectivity index (χ4v) is 1.49. The molecule has 4 N–H and O–H groups in total. The smallest absolute Gasteiger partial charge is 0.318 e. The van der Waals surface area contributed by atoms with Crippen LogP contribution in [0.3, 0.4) is 0 Å². The molecule has 3 amide bonds. The van der Waals surface area contributed by atoms with Gasteiger partial charge in [-0.1, -0.05) is 0 Å². The Balaban J connectivity index is 2.45. The molecule has 7 heteroatoms. The van der Waals surface area contributed by atoms with Crippen LogP contribution in [0.15, 0.2) is 0 Å². The number of hydrogen-bond acceptors (Lipinski definition) is 3. The Morgan fingerprint density at radius 1 is 1.50 bits per heavy atom. The zero-order chi connectivity index (χ0) is 12.3. The van der Waals surface area contributed by atoms with E-state index < -0.39 is 29.9 Å². The highest BCUT2D eigenvalue weighted by molar-refractivity contribution is 5.86. The van der Waals surface area contributed by atoms with Gasteiger partial charge in [0.2, 0.25) is 5.91 Å². The zero-order valence-electron chi connectivity index (χ0n) is 8.97. The Kier molecular flexibility index (Phi) is 3.70. The van der Waals surface area contributed by atoms with Crippen LogP contribution in [0.4, 0.5) is 4.79 Å². The lowest BCUT2D eigenvalue weighted by molar-refractivity contribution is -0.141. The molecular weight excluding hydrogens is 214 g/mol. The van der Waals surface area contributed by atoms with Gasteiger partial charge in [0.1, 0.15) is 6.04 Å². The van der Waals surface area contributed by atoms with Crippen LogP contribution < -0.4 is 11.1 Å². The summed E-state index contributed by atoms with van der Waals surface area (Å²) in [6, 6.07) is -1.20. The number of primary amides is 1. The largest absolute Gasteiger partial charge is 0.481 e. The first-order valence-electron chi connectivity index (χ1n) is 4.99. The minimum Gasteiger partial charge on any atom is -0.481 e. The lowest BCUT2D eigenvalue weighted by Gasteiger charge is -2.18. The molecule has 0 spiro atoms. The Bertz CT molecular complexity index is 318. The Morgan fingerprint density at radius 2 is 2.12 bits per heavy atom. The standard InChI is InChI=1S/C9H15N3O4/c1-5(7(10)13)11-9(16)12-3-2-6(4-12)8(14)15/h5-6H,2-4H2,1H3,(H2,10,13)(H,11,16)(H,14,15). The van der Waals surface area contributed by atoms with Crippen molar-refractivity contribution in [3.05, 3.63) is 0 Å². The number of aliphatic carboxylic acids is 1. The summed E-state index contributed by atoms with van der Waals surface area (Å²) in [5.74, 6) is -2.05. The molecule has 1 aliphatic heterocycles. The summed E-state index contributed by atoms with van der Waals surface area (Å²) < 4.78 is 0. The van der Waals surface area contributed by atoms with Crippen molar-refractivity contribution in [2.75, 3.05) is 13.1 Å². The number of likely N-dealkylation sites (tertiary alicyclic amines) is 1. The molecule has 1 fully saturated rings. The molecule has 2 unspecified atom stereocenters. The first kappa shape index (κ1) is 12.3. The van der Waals surface area contributed by atoms with Crippen molar-refractivity contribution in [3.63, 3.8) is 0 Å². The monoisotopic (exact) mass is 229 g/mol. The molecule has 1 heterocycles. The Hall–Kier alpha value is -1.79. The van der Waals surface area contributed by atoms with Gasteiger partial charge in [0.15, 0.2) is 0 Å². The van der Waals surface area contributed by atoms with Gasteiger partial charge in [0, 0.05) is 13.1 Å². The molecule has 0 aromatic heterocycles. The molecule has 1 aliphatic rings. The molecule has 90 valence electrons. The van der Waals surface area contributed by atoms with Gasteiger partial charge >= 0.3 is 12.0 Å². The van der Waals surface area contributed by atoms with E-state index in [-0.39, 0.29) is 6.54 Å². The maximum Gasteiger partial charge on any atom is 0.318 e. The van der Waals surface area contributed by atoms with Crippen molar-refractivity contribution in [2.45, 2.75) is 19.4 Å². The van der Waals surface area contributed by atoms with E-state index in [1.807, 2.05) is 0 Å². The summed E-state index contributed by atoms with van der Waals surface area (Å²) >= 11 is 0. The third kappa shape index (κ3) is 2.85. The number of carbonyl (C=O) groups is 3. The topological polar surface area (TPSA) is 113 Å². The van der Waals surface area contributed by atoms with Gasteiger partial charge < -0.3 is 21.1 Å². The molecule has 0 radical (unpaired) electrons. The molecule has 0 aliphatic carbocycles. The van der Waals surface area contributed by atoms with Crippen molar-refractivity contribution in [2.24, 2.45) is 11.7 Å². The highest BCUT2D eigenvalue weighted by Crippen LogP contribution is 2.16. The van der Waals surface area contributed by atoms with Gasteiger partial charge in [-0.15, -0.1) is 0 Å². The maximum absolute atomic E-state index is 11.5. The molecule has 0 saturated carbocycles. The zero-order valence-corrected chi connectivity index (χ0v) is 8.97. The molecule has 1 rings (SSSR count). The molecule has 16 heavy (non-hydrogen) atoms. The highest BCUT2D eigenvalue weighted by atomic mass is 16.4. The number of hydrogen-bond donors (Lipinski definition) is 3. The van der Waals surface area contributed by atoms with Crippen molar-refractivity contribution >= 4 is 17.9 Å². The predicted molar refractivity (Wildman–Crippen MR) is 54.5 cm³/mol. The van der Waals surface area contributed by atoms with Crippen LogP contribution in [0.2, 0.25) is 0 Å². The number of amides is 3. The second-order valence-corrected chi connectivity index (χ2v) is 3.84. The van der Waals surface area contributed by atoms with Gasteiger partial charge in [-0.25, -0.2) is 4.79 Å². The molecule has 1 saturated heterocycles. The van der Waals surface area contributed by atoms with E-state index in [1.165, 1.54) is 11.8 Å². The number of urea groups is 1. The fourth-order valence-electron chi connectivity index (χ4n) is 1.49. The van der Waals surface area contributed by atoms with Crippen LogP contribution >= 0.6 is 0 Å². The summed E-state index contributed by atoms with van der Waals surface area (Å²) in [5.41, 5.74) is 4.99. The highest BCUT2D eigenvalue weighted by Gasteiger charge is 2.31. The number of carbonyl (C=O) groups excluding carboxylic acids is 2. The Morgan fingerprint density at radius 3 is 2.56 bits per heavy atom. The van der Waals surface area contributed by atoms with Crippen molar-refractivity contribution in [1.82, 2.24) is 10.2 Å². The average molecular weight is 229 g/mol. The predicted octanol–water partition coefficient (Wildman–Crippen LogP) is -1.02. The summed E-state index contributed by atoms with van der Waals surface area (Å²) in [6.45, 7) is 2.03. The van der Waals surface area contributed by atoms with E-state index in [0.29, 0.717) is 13.0 Å². The van der Waals surface area contributed by atoms with E-state index in [9.17, 15) is 14.4 Å². The molecule has 2 atom stereocenters. The fraction of sp³-hybridized carbons (Fsp3) is 0.667.